The third kappa shape index (κ3) is 3.28. The van der Waals surface area contributed by atoms with E-state index in [1.54, 1.807) is 11.4 Å². The molecule has 2 rings (SSSR count). The van der Waals surface area contributed by atoms with E-state index in [4.69, 9.17) is 0 Å². The SMILES string of the molecule is CCNCc1cc(S(=O)(=O)NC2CCC2)cs1. The standard InChI is InChI=1S/C11H18N2O2S2/c1-2-12-7-10-6-11(8-16-10)17(14,15)13-9-4-3-5-9/h6,8-9,12-13H,2-5,7H2,1H3. The molecule has 0 aliphatic heterocycles. The lowest BCUT2D eigenvalue weighted by molar-refractivity contribution is 0.383. The van der Waals surface area contributed by atoms with Crippen molar-refractivity contribution in [1.82, 2.24) is 10.0 Å². The molecule has 1 fully saturated rings. The van der Waals surface area contributed by atoms with Gasteiger partial charge < -0.3 is 5.32 Å². The Balaban J connectivity index is 2.02. The van der Waals surface area contributed by atoms with E-state index in [2.05, 4.69) is 10.0 Å². The van der Waals surface area contributed by atoms with Gasteiger partial charge in [-0.3, -0.25) is 0 Å². The van der Waals surface area contributed by atoms with Crippen LogP contribution in [0.4, 0.5) is 0 Å². The van der Waals surface area contributed by atoms with E-state index in [0.717, 1.165) is 37.2 Å². The third-order valence-corrected chi connectivity index (χ3v) is 5.50. The van der Waals surface area contributed by atoms with Crippen molar-refractivity contribution >= 4 is 21.4 Å². The molecular weight excluding hydrogens is 256 g/mol. The molecule has 1 aromatic rings. The molecule has 96 valence electrons. The fourth-order valence-corrected chi connectivity index (χ4v) is 4.21. The Morgan fingerprint density at radius 2 is 2.24 bits per heavy atom. The van der Waals surface area contributed by atoms with Gasteiger partial charge in [-0.1, -0.05) is 13.3 Å². The minimum atomic E-state index is -3.29. The van der Waals surface area contributed by atoms with E-state index in [9.17, 15) is 8.42 Å². The van der Waals surface area contributed by atoms with Crippen LogP contribution in [0.2, 0.25) is 0 Å². The Morgan fingerprint density at radius 3 is 2.82 bits per heavy atom. The van der Waals surface area contributed by atoms with E-state index < -0.39 is 10.0 Å². The summed E-state index contributed by atoms with van der Waals surface area (Å²) >= 11 is 1.49. The minimum absolute atomic E-state index is 0.150. The van der Waals surface area contributed by atoms with Gasteiger partial charge in [0.2, 0.25) is 10.0 Å². The summed E-state index contributed by atoms with van der Waals surface area (Å²) in [5.74, 6) is 0. The Kier molecular flexibility index (Phi) is 4.19. The van der Waals surface area contributed by atoms with Gasteiger partial charge in [0.25, 0.3) is 0 Å². The van der Waals surface area contributed by atoms with Crippen molar-refractivity contribution in [2.24, 2.45) is 0 Å². The van der Waals surface area contributed by atoms with Crippen LogP contribution in [0.25, 0.3) is 0 Å². The van der Waals surface area contributed by atoms with Gasteiger partial charge in [0, 0.05) is 22.8 Å². The predicted octanol–water partition coefficient (Wildman–Crippen LogP) is 1.69. The molecule has 0 atom stereocenters. The number of rotatable bonds is 6. The molecule has 1 aliphatic rings. The Hall–Kier alpha value is -0.430. The molecule has 0 saturated heterocycles. The molecule has 1 heterocycles. The largest absolute Gasteiger partial charge is 0.312 e. The van der Waals surface area contributed by atoms with Crippen molar-refractivity contribution in [3.63, 3.8) is 0 Å². The first-order chi connectivity index (χ1) is 8.12. The number of thiophene rings is 1. The molecule has 17 heavy (non-hydrogen) atoms. The summed E-state index contributed by atoms with van der Waals surface area (Å²) in [5, 5.41) is 4.90. The fourth-order valence-electron chi connectivity index (χ4n) is 1.66. The second-order valence-electron chi connectivity index (χ2n) is 4.28. The molecule has 0 amide bonds. The van der Waals surface area contributed by atoms with Crippen LogP contribution in [0, 0.1) is 0 Å². The van der Waals surface area contributed by atoms with E-state index in [1.165, 1.54) is 11.3 Å². The lowest BCUT2D eigenvalue weighted by Crippen LogP contribution is -2.39. The van der Waals surface area contributed by atoms with Gasteiger partial charge in [0.1, 0.15) is 0 Å². The summed E-state index contributed by atoms with van der Waals surface area (Å²) in [6.45, 7) is 3.66. The molecule has 1 aromatic heterocycles. The number of hydrogen-bond donors (Lipinski definition) is 2. The van der Waals surface area contributed by atoms with Crippen LogP contribution >= 0.6 is 11.3 Å². The zero-order valence-electron chi connectivity index (χ0n) is 9.90. The number of hydrogen-bond acceptors (Lipinski definition) is 4. The highest BCUT2D eigenvalue weighted by molar-refractivity contribution is 7.89. The molecule has 0 spiro atoms. The molecule has 0 bridgehead atoms. The van der Waals surface area contributed by atoms with Crippen LogP contribution < -0.4 is 10.0 Å². The zero-order valence-corrected chi connectivity index (χ0v) is 11.5. The smallest absolute Gasteiger partial charge is 0.241 e. The Morgan fingerprint density at radius 1 is 1.47 bits per heavy atom. The lowest BCUT2D eigenvalue weighted by atomic mass is 9.94. The summed E-state index contributed by atoms with van der Waals surface area (Å²) in [7, 11) is -3.29. The summed E-state index contributed by atoms with van der Waals surface area (Å²) in [5.41, 5.74) is 0. The quantitative estimate of drug-likeness (QED) is 0.830. The minimum Gasteiger partial charge on any atom is -0.312 e. The predicted molar refractivity (Wildman–Crippen MR) is 69.7 cm³/mol. The van der Waals surface area contributed by atoms with Crippen molar-refractivity contribution in [3.05, 3.63) is 16.3 Å². The van der Waals surface area contributed by atoms with E-state index in [1.807, 2.05) is 6.92 Å². The summed E-state index contributed by atoms with van der Waals surface area (Å²) < 4.78 is 26.7. The fraction of sp³-hybridized carbons (Fsp3) is 0.636. The summed E-state index contributed by atoms with van der Waals surface area (Å²) in [6, 6.07) is 1.91. The van der Waals surface area contributed by atoms with Gasteiger partial charge in [0.15, 0.2) is 0 Å². The summed E-state index contributed by atoms with van der Waals surface area (Å²) in [6.07, 6.45) is 3.06. The molecule has 0 radical (unpaired) electrons. The highest BCUT2D eigenvalue weighted by atomic mass is 32.2. The first-order valence-electron chi connectivity index (χ1n) is 5.92. The van der Waals surface area contributed by atoms with Crippen LogP contribution in [0.1, 0.15) is 31.1 Å². The highest BCUT2D eigenvalue weighted by Gasteiger charge is 2.25. The van der Waals surface area contributed by atoms with Crippen molar-refractivity contribution in [3.8, 4) is 0 Å². The van der Waals surface area contributed by atoms with Crippen molar-refractivity contribution < 1.29 is 8.42 Å². The second-order valence-corrected chi connectivity index (χ2v) is 6.99. The maximum atomic E-state index is 12.0. The van der Waals surface area contributed by atoms with E-state index >= 15 is 0 Å². The van der Waals surface area contributed by atoms with Gasteiger partial charge in [-0.15, -0.1) is 11.3 Å². The lowest BCUT2D eigenvalue weighted by Gasteiger charge is -2.25. The summed E-state index contributed by atoms with van der Waals surface area (Å²) in [4.78, 5) is 1.46. The molecule has 0 aromatic carbocycles. The van der Waals surface area contributed by atoms with Crippen LogP contribution in [-0.4, -0.2) is 21.0 Å². The van der Waals surface area contributed by atoms with Gasteiger partial charge in [-0.25, -0.2) is 13.1 Å². The van der Waals surface area contributed by atoms with Gasteiger partial charge in [0.05, 0.1) is 4.90 Å². The normalized spacial score (nSPS) is 17.0. The molecular formula is C11H18N2O2S2. The van der Waals surface area contributed by atoms with Gasteiger partial charge in [-0.05, 0) is 25.5 Å². The topological polar surface area (TPSA) is 58.2 Å². The molecule has 0 unspecified atom stereocenters. The van der Waals surface area contributed by atoms with E-state index in [-0.39, 0.29) is 6.04 Å². The maximum absolute atomic E-state index is 12.0. The van der Waals surface area contributed by atoms with Crippen LogP contribution in [0.3, 0.4) is 0 Å². The molecule has 2 N–H and O–H groups in total. The average Bonchev–Trinajstić information content (AvgIpc) is 2.70. The first kappa shape index (κ1) is 13.0. The van der Waals surface area contributed by atoms with Crippen LogP contribution in [0.15, 0.2) is 16.3 Å². The maximum Gasteiger partial charge on any atom is 0.241 e. The Bertz CT molecular complexity index is 464. The molecule has 1 saturated carbocycles. The van der Waals surface area contributed by atoms with Gasteiger partial charge in [-0.2, -0.15) is 0 Å². The highest BCUT2D eigenvalue weighted by Crippen LogP contribution is 2.23. The molecule has 6 heteroatoms. The number of sulfonamides is 1. The molecule has 1 aliphatic carbocycles. The molecule has 4 nitrogen and oxygen atoms in total. The average molecular weight is 274 g/mol. The van der Waals surface area contributed by atoms with Crippen molar-refractivity contribution in [2.45, 2.75) is 43.7 Å². The third-order valence-electron chi connectivity index (χ3n) is 2.92. The van der Waals surface area contributed by atoms with E-state index in [0.29, 0.717) is 4.90 Å². The van der Waals surface area contributed by atoms with Crippen molar-refractivity contribution in [2.75, 3.05) is 6.54 Å². The van der Waals surface area contributed by atoms with Gasteiger partial charge >= 0.3 is 0 Å². The number of nitrogens with one attached hydrogen (secondary N) is 2. The monoisotopic (exact) mass is 274 g/mol. The second kappa shape index (κ2) is 5.48. The first-order valence-corrected chi connectivity index (χ1v) is 8.28. The van der Waals surface area contributed by atoms with Crippen LogP contribution in [0.5, 0.6) is 0 Å². The van der Waals surface area contributed by atoms with Crippen molar-refractivity contribution in [1.29, 1.82) is 0 Å². The van der Waals surface area contributed by atoms with Crippen LogP contribution in [-0.2, 0) is 16.6 Å². The zero-order chi connectivity index (χ0) is 12.3. The Labute approximate surface area is 106 Å².